The van der Waals surface area contributed by atoms with Gasteiger partial charge in [0.2, 0.25) is 0 Å². The Morgan fingerprint density at radius 1 is 1.21 bits per heavy atom. The summed E-state index contributed by atoms with van der Waals surface area (Å²) in [4.78, 5) is 12.1. The van der Waals surface area contributed by atoms with Crippen LogP contribution >= 0.6 is 27.5 Å². The molecule has 3 aromatic rings. The monoisotopic (exact) mass is 499 g/mol. The first-order valence-electron chi connectivity index (χ1n) is 8.17. The lowest BCUT2D eigenvalue weighted by Crippen LogP contribution is -2.20. The second kappa shape index (κ2) is 8.85. The van der Waals surface area contributed by atoms with E-state index in [1.807, 2.05) is 0 Å². The normalized spacial score (nSPS) is 11.1. The summed E-state index contributed by atoms with van der Waals surface area (Å²) < 4.78 is 38.0. The van der Waals surface area contributed by atoms with E-state index in [1.54, 1.807) is 25.1 Å². The minimum absolute atomic E-state index is 0.00838. The third kappa shape index (κ3) is 5.72. The Morgan fingerprint density at radius 3 is 2.55 bits per heavy atom. The first kappa shape index (κ1) is 21.2. The number of benzene rings is 2. The molecule has 0 radical (unpaired) electrons. The number of nitrogens with one attached hydrogen (secondary N) is 2. The summed E-state index contributed by atoms with van der Waals surface area (Å²) in [5.41, 5.74) is 0.414. The van der Waals surface area contributed by atoms with E-state index < -0.39 is 15.9 Å². The van der Waals surface area contributed by atoms with Crippen molar-refractivity contribution in [2.75, 3.05) is 16.6 Å². The Hall–Kier alpha value is -2.56. The number of carbonyl (C=O) groups is 1. The largest absolute Gasteiger partial charge is 0.482 e. The summed E-state index contributed by atoms with van der Waals surface area (Å²) in [6, 6.07) is 12.1. The van der Waals surface area contributed by atoms with Crippen LogP contribution in [0.4, 0.5) is 11.5 Å². The SMILES string of the molecule is Cc1cc(NS(=O)(=O)c2ccc(NC(=O)COc3ccc(Br)cc3Cl)cc2)no1. The minimum Gasteiger partial charge on any atom is -0.482 e. The summed E-state index contributed by atoms with van der Waals surface area (Å²) in [5.74, 6) is 0.521. The number of aryl methyl sites for hydroxylation is 1. The Labute approximate surface area is 180 Å². The van der Waals surface area contributed by atoms with Crippen molar-refractivity contribution in [3.8, 4) is 5.75 Å². The number of rotatable bonds is 7. The minimum atomic E-state index is -3.83. The van der Waals surface area contributed by atoms with Crippen molar-refractivity contribution >= 4 is 55.0 Å². The van der Waals surface area contributed by atoms with Gasteiger partial charge in [-0.15, -0.1) is 0 Å². The Bertz CT molecular complexity index is 1130. The van der Waals surface area contributed by atoms with Gasteiger partial charge in [0.25, 0.3) is 15.9 Å². The van der Waals surface area contributed by atoms with Crippen molar-refractivity contribution in [2.45, 2.75) is 11.8 Å². The molecule has 29 heavy (non-hydrogen) atoms. The molecule has 2 N–H and O–H groups in total. The van der Waals surface area contributed by atoms with Crippen molar-refractivity contribution in [1.29, 1.82) is 0 Å². The third-order valence-electron chi connectivity index (χ3n) is 3.57. The Balaban J connectivity index is 1.58. The number of ether oxygens (including phenoxy) is 1. The Morgan fingerprint density at radius 2 is 1.93 bits per heavy atom. The third-order valence-corrected chi connectivity index (χ3v) is 5.73. The molecule has 0 atom stereocenters. The van der Waals surface area contributed by atoms with E-state index >= 15 is 0 Å². The van der Waals surface area contributed by atoms with E-state index in [0.29, 0.717) is 22.2 Å². The molecule has 0 aliphatic heterocycles. The first-order valence-corrected chi connectivity index (χ1v) is 10.8. The molecule has 0 aliphatic rings. The molecule has 0 saturated carbocycles. The predicted octanol–water partition coefficient (Wildman–Crippen LogP) is 4.22. The number of amides is 1. The molecular formula is C18H15BrClN3O5S. The molecule has 0 bridgehead atoms. The van der Waals surface area contributed by atoms with Gasteiger partial charge in [-0.05, 0) is 49.4 Å². The number of aromatic nitrogens is 1. The molecule has 152 valence electrons. The van der Waals surface area contributed by atoms with Crippen LogP contribution in [0, 0.1) is 6.92 Å². The predicted molar refractivity (Wildman–Crippen MR) is 112 cm³/mol. The number of hydrogen-bond donors (Lipinski definition) is 2. The van der Waals surface area contributed by atoms with Crippen molar-refractivity contribution in [3.63, 3.8) is 0 Å². The highest BCUT2D eigenvalue weighted by atomic mass is 79.9. The maximum atomic E-state index is 12.3. The molecule has 11 heteroatoms. The van der Waals surface area contributed by atoms with Gasteiger partial charge in [0, 0.05) is 16.2 Å². The summed E-state index contributed by atoms with van der Waals surface area (Å²) in [5, 5.41) is 6.58. The fraction of sp³-hybridized carbons (Fsp3) is 0.111. The number of carbonyl (C=O) groups excluding carboxylic acids is 1. The maximum Gasteiger partial charge on any atom is 0.263 e. The van der Waals surface area contributed by atoms with E-state index in [1.165, 1.54) is 30.3 Å². The van der Waals surface area contributed by atoms with Crippen molar-refractivity contribution < 1.29 is 22.5 Å². The maximum absolute atomic E-state index is 12.3. The van der Waals surface area contributed by atoms with Gasteiger partial charge in [0.1, 0.15) is 11.5 Å². The molecule has 0 aliphatic carbocycles. The molecule has 8 nitrogen and oxygen atoms in total. The molecule has 0 unspecified atom stereocenters. The molecule has 0 spiro atoms. The summed E-state index contributed by atoms with van der Waals surface area (Å²) >= 11 is 9.32. The summed E-state index contributed by atoms with van der Waals surface area (Å²) in [6.07, 6.45) is 0. The van der Waals surface area contributed by atoms with Crippen LogP contribution in [0.15, 0.2) is 62.4 Å². The summed E-state index contributed by atoms with van der Waals surface area (Å²) in [6.45, 7) is 1.39. The molecule has 2 aromatic carbocycles. The lowest BCUT2D eigenvalue weighted by atomic mass is 10.3. The van der Waals surface area contributed by atoms with Crippen LogP contribution in [-0.2, 0) is 14.8 Å². The zero-order valence-corrected chi connectivity index (χ0v) is 18.1. The molecular weight excluding hydrogens is 486 g/mol. The smallest absolute Gasteiger partial charge is 0.263 e. The van der Waals surface area contributed by atoms with Crippen LogP contribution in [0.25, 0.3) is 0 Å². The average molecular weight is 501 g/mol. The number of hydrogen-bond acceptors (Lipinski definition) is 6. The van der Waals surface area contributed by atoms with E-state index in [0.717, 1.165) is 4.47 Å². The average Bonchev–Trinajstić information content (AvgIpc) is 3.05. The van der Waals surface area contributed by atoms with Crippen LogP contribution < -0.4 is 14.8 Å². The number of sulfonamides is 1. The van der Waals surface area contributed by atoms with Crippen LogP contribution in [0.5, 0.6) is 5.75 Å². The zero-order valence-electron chi connectivity index (χ0n) is 15.0. The van der Waals surface area contributed by atoms with Crippen molar-refractivity contribution in [3.05, 3.63) is 63.8 Å². The molecule has 3 rings (SSSR count). The van der Waals surface area contributed by atoms with E-state index in [9.17, 15) is 13.2 Å². The highest BCUT2D eigenvalue weighted by Crippen LogP contribution is 2.27. The number of halogens is 2. The fourth-order valence-corrected chi connectivity index (χ4v) is 3.97. The topological polar surface area (TPSA) is 111 Å². The zero-order chi connectivity index (χ0) is 21.0. The molecule has 1 aromatic heterocycles. The van der Waals surface area contributed by atoms with Gasteiger partial charge in [-0.1, -0.05) is 32.7 Å². The lowest BCUT2D eigenvalue weighted by molar-refractivity contribution is -0.118. The number of nitrogens with zero attached hydrogens (tertiary/aromatic N) is 1. The Kier molecular flexibility index (Phi) is 6.46. The van der Waals surface area contributed by atoms with Gasteiger partial charge in [-0.25, -0.2) is 8.42 Å². The van der Waals surface area contributed by atoms with Gasteiger partial charge in [-0.3, -0.25) is 9.52 Å². The van der Waals surface area contributed by atoms with Crippen molar-refractivity contribution in [1.82, 2.24) is 5.16 Å². The van der Waals surface area contributed by atoms with E-state index in [2.05, 4.69) is 31.1 Å². The van der Waals surface area contributed by atoms with Crippen LogP contribution in [0.3, 0.4) is 0 Å². The second-order valence-electron chi connectivity index (χ2n) is 5.86. The second-order valence-corrected chi connectivity index (χ2v) is 8.87. The highest BCUT2D eigenvalue weighted by Gasteiger charge is 2.16. The van der Waals surface area contributed by atoms with Crippen LogP contribution in [0.1, 0.15) is 5.76 Å². The lowest BCUT2D eigenvalue weighted by Gasteiger charge is -2.10. The molecule has 1 heterocycles. The van der Waals surface area contributed by atoms with Crippen molar-refractivity contribution in [2.24, 2.45) is 0 Å². The fourth-order valence-electron chi connectivity index (χ4n) is 2.26. The van der Waals surface area contributed by atoms with Gasteiger partial charge >= 0.3 is 0 Å². The van der Waals surface area contributed by atoms with Gasteiger partial charge in [0.05, 0.1) is 9.92 Å². The summed E-state index contributed by atoms with van der Waals surface area (Å²) in [7, 11) is -3.83. The highest BCUT2D eigenvalue weighted by molar-refractivity contribution is 9.10. The van der Waals surface area contributed by atoms with Crippen LogP contribution in [-0.4, -0.2) is 26.1 Å². The van der Waals surface area contributed by atoms with Gasteiger partial charge < -0.3 is 14.6 Å². The molecule has 1 amide bonds. The molecule has 0 fully saturated rings. The van der Waals surface area contributed by atoms with Crippen LogP contribution in [0.2, 0.25) is 5.02 Å². The quantitative estimate of drug-likeness (QED) is 0.503. The van der Waals surface area contributed by atoms with Gasteiger partial charge in [0.15, 0.2) is 12.4 Å². The first-order chi connectivity index (χ1) is 13.7. The van der Waals surface area contributed by atoms with Gasteiger partial charge in [-0.2, -0.15) is 0 Å². The van der Waals surface area contributed by atoms with E-state index in [4.69, 9.17) is 20.9 Å². The standard InChI is InChI=1S/C18H15BrClN3O5S/c1-11-8-17(22-28-11)23-29(25,26)14-5-3-13(4-6-14)21-18(24)10-27-16-7-2-12(19)9-15(16)20/h2-9H,10H2,1H3,(H,21,24)(H,22,23). The van der Waals surface area contributed by atoms with E-state index in [-0.39, 0.29) is 17.3 Å². The molecule has 0 saturated heterocycles. The number of anilines is 2.